The summed E-state index contributed by atoms with van der Waals surface area (Å²) in [6.45, 7) is 4.55. The van der Waals surface area contributed by atoms with Crippen molar-refractivity contribution in [2.75, 3.05) is 13.2 Å². The van der Waals surface area contributed by atoms with Crippen LogP contribution in [-0.2, 0) is 9.59 Å². The number of halogens is 1. The Morgan fingerprint density at radius 2 is 2.14 bits per heavy atom. The highest BCUT2D eigenvalue weighted by atomic mass is 79.9. The number of carboxylic acids is 1. The minimum Gasteiger partial charge on any atom is -0.484 e. The standard InChI is InChI=1S/C15H18BrNO4/c1-10(2)8-17-14(18)9-21-12-4-5-13(16)11(7-12)3-6-15(19)20/h3-7,10H,8-9H2,1-2H3,(H,17,18)(H,19,20)/b6-3+. The molecule has 1 aromatic carbocycles. The molecule has 0 radical (unpaired) electrons. The zero-order valence-electron chi connectivity index (χ0n) is 11.9. The predicted octanol–water partition coefficient (Wildman–Crippen LogP) is 2.70. The number of rotatable bonds is 7. The van der Waals surface area contributed by atoms with Crippen LogP contribution in [0.25, 0.3) is 6.08 Å². The molecular formula is C15H18BrNO4. The fourth-order valence-corrected chi connectivity index (χ4v) is 1.80. The van der Waals surface area contributed by atoms with Crippen molar-refractivity contribution in [3.05, 3.63) is 34.3 Å². The van der Waals surface area contributed by atoms with Gasteiger partial charge in [0, 0.05) is 17.1 Å². The number of benzene rings is 1. The number of aliphatic carboxylic acids is 1. The van der Waals surface area contributed by atoms with Gasteiger partial charge in [0.1, 0.15) is 5.75 Å². The first-order chi connectivity index (χ1) is 9.88. The summed E-state index contributed by atoms with van der Waals surface area (Å²) in [4.78, 5) is 22.1. The minimum atomic E-state index is -1.03. The van der Waals surface area contributed by atoms with Gasteiger partial charge >= 0.3 is 5.97 Å². The molecule has 0 aromatic heterocycles. The van der Waals surface area contributed by atoms with E-state index in [-0.39, 0.29) is 12.5 Å². The fourth-order valence-electron chi connectivity index (χ4n) is 1.42. The lowest BCUT2D eigenvalue weighted by Gasteiger charge is -2.10. The second kappa shape index (κ2) is 8.46. The molecule has 0 fully saturated rings. The largest absolute Gasteiger partial charge is 0.484 e. The summed E-state index contributed by atoms with van der Waals surface area (Å²) in [7, 11) is 0. The molecule has 1 amide bonds. The van der Waals surface area contributed by atoms with Gasteiger partial charge in [-0.15, -0.1) is 0 Å². The molecule has 0 bridgehead atoms. The van der Waals surface area contributed by atoms with Crippen LogP contribution in [0.1, 0.15) is 19.4 Å². The van der Waals surface area contributed by atoms with Crippen molar-refractivity contribution >= 4 is 33.9 Å². The molecular weight excluding hydrogens is 338 g/mol. The van der Waals surface area contributed by atoms with Crippen molar-refractivity contribution in [3.8, 4) is 5.75 Å². The van der Waals surface area contributed by atoms with Crippen molar-refractivity contribution in [3.63, 3.8) is 0 Å². The van der Waals surface area contributed by atoms with Gasteiger partial charge in [-0.25, -0.2) is 4.79 Å². The van der Waals surface area contributed by atoms with Crippen molar-refractivity contribution in [1.29, 1.82) is 0 Å². The summed E-state index contributed by atoms with van der Waals surface area (Å²) < 4.78 is 6.14. The lowest BCUT2D eigenvalue weighted by atomic mass is 10.2. The molecule has 0 aliphatic carbocycles. The number of amides is 1. The molecule has 21 heavy (non-hydrogen) atoms. The molecule has 0 aliphatic heterocycles. The third kappa shape index (κ3) is 6.94. The zero-order valence-corrected chi connectivity index (χ0v) is 13.5. The molecule has 6 heteroatoms. The lowest BCUT2D eigenvalue weighted by molar-refractivity contribution is -0.131. The molecule has 2 N–H and O–H groups in total. The van der Waals surface area contributed by atoms with Gasteiger partial charge in [0.2, 0.25) is 0 Å². The second-order valence-corrected chi connectivity index (χ2v) is 5.70. The van der Waals surface area contributed by atoms with Crippen LogP contribution in [0.2, 0.25) is 0 Å². The first-order valence-corrected chi connectivity index (χ1v) is 7.28. The number of carbonyl (C=O) groups excluding carboxylic acids is 1. The third-order valence-electron chi connectivity index (χ3n) is 2.45. The number of carbonyl (C=O) groups is 2. The van der Waals surface area contributed by atoms with Gasteiger partial charge < -0.3 is 15.2 Å². The van der Waals surface area contributed by atoms with E-state index >= 15 is 0 Å². The molecule has 5 nitrogen and oxygen atoms in total. The van der Waals surface area contributed by atoms with E-state index in [4.69, 9.17) is 9.84 Å². The molecule has 114 valence electrons. The molecule has 0 saturated carbocycles. The maximum Gasteiger partial charge on any atom is 0.328 e. The highest BCUT2D eigenvalue weighted by Crippen LogP contribution is 2.23. The van der Waals surface area contributed by atoms with Gasteiger partial charge in [-0.05, 0) is 35.8 Å². The van der Waals surface area contributed by atoms with Crippen LogP contribution in [0.15, 0.2) is 28.7 Å². The highest BCUT2D eigenvalue weighted by Gasteiger charge is 2.05. The van der Waals surface area contributed by atoms with E-state index in [0.717, 1.165) is 10.5 Å². The van der Waals surface area contributed by atoms with E-state index in [9.17, 15) is 9.59 Å². The van der Waals surface area contributed by atoms with Crippen LogP contribution in [0, 0.1) is 5.92 Å². The van der Waals surface area contributed by atoms with Gasteiger partial charge in [0.15, 0.2) is 6.61 Å². The van der Waals surface area contributed by atoms with E-state index in [1.165, 1.54) is 6.08 Å². The molecule has 0 atom stereocenters. The Labute approximate surface area is 132 Å². The Kier molecular flexibility index (Phi) is 6.94. The molecule has 0 saturated heterocycles. The van der Waals surface area contributed by atoms with E-state index in [2.05, 4.69) is 21.2 Å². The number of hydrogen-bond acceptors (Lipinski definition) is 3. The summed E-state index contributed by atoms with van der Waals surface area (Å²) in [5.74, 6) is -0.326. The predicted molar refractivity (Wildman–Crippen MR) is 84.2 cm³/mol. The monoisotopic (exact) mass is 355 g/mol. The minimum absolute atomic E-state index is 0.0730. The van der Waals surface area contributed by atoms with Crippen molar-refractivity contribution in [1.82, 2.24) is 5.32 Å². The highest BCUT2D eigenvalue weighted by molar-refractivity contribution is 9.10. The van der Waals surface area contributed by atoms with Gasteiger partial charge in [-0.2, -0.15) is 0 Å². The number of carboxylic acid groups (broad SMARTS) is 1. The first kappa shape index (κ1) is 17.2. The smallest absolute Gasteiger partial charge is 0.328 e. The summed E-state index contributed by atoms with van der Waals surface area (Å²) in [6.07, 6.45) is 2.50. The van der Waals surface area contributed by atoms with Crippen LogP contribution < -0.4 is 10.1 Å². The van der Waals surface area contributed by atoms with Crippen molar-refractivity contribution < 1.29 is 19.4 Å². The number of nitrogens with one attached hydrogen (secondary N) is 1. The Morgan fingerprint density at radius 1 is 1.43 bits per heavy atom. The van der Waals surface area contributed by atoms with Crippen molar-refractivity contribution in [2.45, 2.75) is 13.8 Å². The molecule has 0 unspecified atom stereocenters. The Balaban J connectivity index is 2.62. The first-order valence-electron chi connectivity index (χ1n) is 6.48. The summed E-state index contributed by atoms with van der Waals surface area (Å²) in [6, 6.07) is 5.11. The maximum atomic E-state index is 11.6. The Hall–Kier alpha value is -1.82. The lowest BCUT2D eigenvalue weighted by Crippen LogP contribution is -2.31. The SMILES string of the molecule is CC(C)CNC(=O)COc1ccc(Br)c(/C=C/C(=O)O)c1. The van der Waals surface area contributed by atoms with Crippen LogP contribution in [0.3, 0.4) is 0 Å². The average Bonchev–Trinajstić information content (AvgIpc) is 2.42. The van der Waals surface area contributed by atoms with Crippen LogP contribution in [0.4, 0.5) is 0 Å². The summed E-state index contributed by atoms with van der Waals surface area (Å²) in [5, 5.41) is 11.4. The quantitative estimate of drug-likeness (QED) is 0.737. The molecule has 1 aromatic rings. The van der Waals surface area contributed by atoms with Gasteiger partial charge in [0.05, 0.1) is 0 Å². The third-order valence-corrected chi connectivity index (χ3v) is 3.17. The van der Waals surface area contributed by atoms with Gasteiger partial charge in [0.25, 0.3) is 5.91 Å². The normalized spacial score (nSPS) is 10.9. The Bertz CT molecular complexity index is 540. The molecule has 1 rings (SSSR count). The maximum absolute atomic E-state index is 11.6. The zero-order chi connectivity index (χ0) is 15.8. The van der Waals surface area contributed by atoms with E-state index in [1.807, 2.05) is 13.8 Å². The van der Waals surface area contributed by atoms with Gasteiger partial charge in [-0.1, -0.05) is 29.8 Å². The Morgan fingerprint density at radius 3 is 2.76 bits per heavy atom. The molecule has 0 heterocycles. The number of hydrogen-bond donors (Lipinski definition) is 2. The fraction of sp³-hybridized carbons (Fsp3) is 0.333. The average molecular weight is 356 g/mol. The van der Waals surface area contributed by atoms with Crippen molar-refractivity contribution in [2.24, 2.45) is 5.92 Å². The second-order valence-electron chi connectivity index (χ2n) is 4.84. The van der Waals surface area contributed by atoms with Crippen LogP contribution in [0.5, 0.6) is 5.75 Å². The number of ether oxygens (including phenoxy) is 1. The van der Waals surface area contributed by atoms with E-state index in [1.54, 1.807) is 18.2 Å². The van der Waals surface area contributed by atoms with Crippen LogP contribution >= 0.6 is 15.9 Å². The molecule has 0 spiro atoms. The van der Waals surface area contributed by atoms with Crippen LogP contribution in [-0.4, -0.2) is 30.1 Å². The molecule has 0 aliphatic rings. The van der Waals surface area contributed by atoms with E-state index in [0.29, 0.717) is 23.8 Å². The van der Waals surface area contributed by atoms with Gasteiger partial charge in [-0.3, -0.25) is 4.79 Å². The van der Waals surface area contributed by atoms with E-state index < -0.39 is 5.97 Å². The summed E-state index contributed by atoms with van der Waals surface area (Å²) >= 11 is 3.32. The topological polar surface area (TPSA) is 75.6 Å². The summed E-state index contributed by atoms with van der Waals surface area (Å²) in [5.41, 5.74) is 0.664.